The first kappa shape index (κ1) is 16.6. The molecule has 0 radical (unpaired) electrons. The fourth-order valence-electron chi connectivity index (χ4n) is 2.35. The molecule has 0 saturated heterocycles. The summed E-state index contributed by atoms with van der Waals surface area (Å²) >= 11 is 0. The van der Waals surface area contributed by atoms with Gasteiger partial charge in [-0.2, -0.15) is 0 Å². The maximum atomic E-state index is 12.6. The van der Waals surface area contributed by atoms with Crippen molar-refractivity contribution in [3.8, 4) is 0 Å². The van der Waals surface area contributed by atoms with Gasteiger partial charge in [0, 0.05) is 19.7 Å². The lowest BCUT2D eigenvalue weighted by Gasteiger charge is -2.25. The van der Waals surface area contributed by atoms with E-state index in [0.717, 1.165) is 5.56 Å². The predicted molar refractivity (Wildman–Crippen MR) is 85.2 cm³/mol. The van der Waals surface area contributed by atoms with Gasteiger partial charge in [-0.25, -0.2) is 14.8 Å². The third-order valence-electron chi connectivity index (χ3n) is 3.67. The van der Waals surface area contributed by atoms with Gasteiger partial charge in [-0.05, 0) is 19.4 Å². The molecule has 6 heteroatoms. The molecule has 1 aromatic carbocycles. The van der Waals surface area contributed by atoms with Crippen molar-refractivity contribution < 1.29 is 14.7 Å². The third kappa shape index (κ3) is 3.91. The zero-order valence-corrected chi connectivity index (χ0v) is 13.4. The molecule has 6 nitrogen and oxygen atoms in total. The quantitative estimate of drug-likeness (QED) is 0.911. The Balaban J connectivity index is 2.25. The van der Waals surface area contributed by atoms with Crippen LogP contribution < -0.4 is 0 Å². The Bertz CT molecular complexity index is 716. The minimum atomic E-state index is -1.05. The second kappa shape index (κ2) is 7.00. The molecule has 0 saturated carbocycles. The molecule has 1 aromatic heterocycles. The van der Waals surface area contributed by atoms with E-state index in [4.69, 9.17) is 0 Å². The van der Waals surface area contributed by atoms with E-state index in [1.54, 1.807) is 13.8 Å². The molecule has 0 aliphatic rings. The van der Waals surface area contributed by atoms with Crippen molar-refractivity contribution in [2.45, 2.75) is 26.3 Å². The van der Waals surface area contributed by atoms with Crippen LogP contribution in [0.3, 0.4) is 0 Å². The van der Waals surface area contributed by atoms with E-state index in [1.165, 1.54) is 18.1 Å². The highest BCUT2D eigenvalue weighted by Gasteiger charge is 2.28. The number of hydrogen-bond acceptors (Lipinski definition) is 4. The molecular weight excluding hydrogens is 294 g/mol. The van der Waals surface area contributed by atoms with Gasteiger partial charge < -0.3 is 10.0 Å². The Hall–Kier alpha value is -2.76. The average molecular weight is 313 g/mol. The number of benzene rings is 1. The first-order valence-corrected chi connectivity index (χ1v) is 7.24. The van der Waals surface area contributed by atoms with Crippen molar-refractivity contribution in [3.63, 3.8) is 0 Å². The van der Waals surface area contributed by atoms with Crippen LogP contribution in [0.15, 0.2) is 36.5 Å². The van der Waals surface area contributed by atoms with Gasteiger partial charge in [-0.1, -0.05) is 30.3 Å². The maximum Gasteiger partial charge on any atom is 0.326 e. The highest BCUT2D eigenvalue weighted by molar-refractivity contribution is 5.97. The lowest BCUT2D eigenvalue weighted by molar-refractivity contribution is -0.141. The van der Waals surface area contributed by atoms with Crippen LogP contribution in [0, 0.1) is 13.8 Å². The van der Waals surface area contributed by atoms with Gasteiger partial charge >= 0.3 is 5.97 Å². The van der Waals surface area contributed by atoms with Gasteiger partial charge in [-0.3, -0.25) is 4.79 Å². The number of aliphatic carboxylic acids is 1. The lowest BCUT2D eigenvalue weighted by atomic mass is 10.0. The first-order valence-electron chi connectivity index (χ1n) is 7.24. The number of aryl methyl sites for hydroxylation is 2. The zero-order chi connectivity index (χ0) is 17.0. The molecule has 0 aliphatic heterocycles. The second-order valence-electron chi connectivity index (χ2n) is 5.38. The molecule has 0 aliphatic carbocycles. The van der Waals surface area contributed by atoms with Crippen LogP contribution in [0.2, 0.25) is 0 Å². The van der Waals surface area contributed by atoms with Gasteiger partial charge in [0.05, 0.1) is 11.3 Å². The highest BCUT2D eigenvalue weighted by atomic mass is 16.4. The minimum Gasteiger partial charge on any atom is -0.480 e. The van der Waals surface area contributed by atoms with E-state index in [2.05, 4.69) is 9.97 Å². The molecule has 120 valence electrons. The van der Waals surface area contributed by atoms with Gasteiger partial charge in [0.1, 0.15) is 11.9 Å². The van der Waals surface area contributed by atoms with Crippen LogP contribution in [0.25, 0.3) is 0 Å². The van der Waals surface area contributed by atoms with Crippen LogP contribution in [0.4, 0.5) is 0 Å². The minimum absolute atomic E-state index is 0.240. The SMILES string of the molecule is Cc1ncc(C(=O)N(C)C(Cc2ccccc2)C(=O)O)c(C)n1. The van der Waals surface area contributed by atoms with Crippen LogP contribution in [-0.2, 0) is 11.2 Å². The summed E-state index contributed by atoms with van der Waals surface area (Å²) in [6.07, 6.45) is 1.68. The smallest absolute Gasteiger partial charge is 0.326 e. The lowest BCUT2D eigenvalue weighted by Crippen LogP contribution is -2.44. The summed E-state index contributed by atoms with van der Waals surface area (Å²) in [5, 5.41) is 9.49. The number of likely N-dealkylation sites (N-methyl/N-ethyl adjacent to an activating group) is 1. The molecule has 2 rings (SSSR count). The Kier molecular flexibility index (Phi) is 5.05. The number of rotatable bonds is 5. The molecule has 0 spiro atoms. The Morgan fingerprint density at radius 2 is 1.87 bits per heavy atom. The van der Waals surface area contributed by atoms with E-state index in [1.807, 2.05) is 30.3 Å². The van der Waals surface area contributed by atoms with E-state index in [-0.39, 0.29) is 6.42 Å². The Morgan fingerprint density at radius 3 is 2.43 bits per heavy atom. The fourth-order valence-corrected chi connectivity index (χ4v) is 2.35. The summed E-state index contributed by atoms with van der Waals surface area (Å²) < 4.78 is 0. The summed E-state index contributed by atoms with van der Waals surface area (Å²) in [7, 11) is 1.49. The summed E-state index contributed by atoms with van der Waals surface area (Å²) in [5.41, 5.74) is 1.71. The Labute approximate surface area is 134 Å². The largest absolute Gasteiger partial charge is 0.480 e. The number of carbonyl (C=O) groups is 2. The standard InChI is InChI=1S/C17H19N3O3/c1-11-14(10-18-12(2)19-11)16(21)20(3)15(17(22)23)9-13-7-5-4-6-8-13/h4-8,10,15H,9H2,1-3H3,(H,22,23). The topological polar surface area (TPSA) is 83.4 Å². The second-order valence-corrected chi connectivity index (χ2v) is 5.38. The molecule has 1 unspecified atom stereocenters. The van der Waals surface area contributed by atoms with Crippen LogP contribution in [0.5, 0.6) is 0 Å². The van der Waals surface area contributed by atoms with Crippen molar-refractivity contribution in [1.29, 1.82) is 0 Å². The van der Waals surface area contributed by atoms with Gasteiger partial charge in [0.25, 0.3) is 5.91 Å². The van der Waals surface area contributed by atoms with Crippen molar-refractivity contribution in [2.75, 3.05) is 7.05 Å². The molecule has 23 heavy (non-hydrogen) atoms. The Morgan fingerprint density at radius 1 is 1.22 bits per heavy atom. The van der Waals surface area contributed by atoms with E-state index in [0.29, 0.717) is 17.1 Å². The van der Waals surface area contributed by atoms with E-state index < -0.39 is 17.9 Å². The number of nitrogens with zero attached hydrogens (tertiary/aromatic N) is 3. The normalized spacial score (nSPS) is 11.8. The highest BCUT2D eigenvalue weighted by Crippen LogP contribution is 2.13. The fraction of sp³-hybridized carbons (Fsp3) is 0.294. The molecule has 1 heterocycles. The summed E-state index contributed by atoms with van der Waals surface area (Å²) in [4.78, 5) is 33.6. The van der Waals surface area contributed by atoms with Crippen molar-refractivity contribution >= 4 is 11.9 Å². The molecule has 1 amide bonds. The van der Waals surface area contributed by atoms with Gasteiger partial charge in [0.2, 0.25) is 0 Å². The average Bonchev–Trinajstić information content (AvgIpc) is 2.52. The number of aromatic nitrogens is 2. The van der Waals surface area contributed by atoms with Gasteiger partial charge in [-0.15, -0.1) is 0 Å². The molecular formula is C17H19N3O3. The summed E-state index contributed by atoms with van der Waals surface area (Å²) in [6, 6.07) is 8.28. The number of carboxylic acid groups (broad SMARTS) is 1. The van der Waals surface area contributed by atoms with Crippen molar-refractivity contribution in [3.05, 3.63) is 59.2 Å². The third-order valence-corrected chi connectivity index (χ3v) is 3.67. The van der Waals surface area contributed by atoms with Crippen LogP contribution in [-0.4, -0.2) is 44.9 Å². The van der Waals surface area contributed by atoms with E-state index in [9.17, 15) is 14.7 Å². The number of carboxylic acids is 1. The predicted octanol–water partition coefficient (Wildman–Crippen LogP) is 1.86. The summed E-state index contributed by atoms with van der Waals surface area (Å²) in [6.45, 7) is 3.45. The van der Waals surface area contributed by atoms with E-state index >= 15 is 0 Å². The number of hydrogen-bond donors (Lipinski definition) is 1. The molecule has 0 bridgehead atoms. The number of carbonyl (C=O) groups excluding carboxylic acids is 1. The molecule has 2 aromatic rings. The zero-order valence-electron chi connectivity index (χ0n) is 13.4. The maximum absolute atomic E-state index is 12.6. The van der Waals surface area contributed by atoms with Crippen LogP contribution in [0.1, 0.15) is 27.4 Å². The molecule has 1 N–H and O–H groups in total. The van der Waals surface area contributed by atoms with Crippen molar-refractivity contribution in [1.82, 2.24) is 14.9 Å². The monoisotopic (exact) mass is 313 g/mol. The molecule has 1 atom stereocenters. The van der Waals surface area contributed by atoms with Crippen molar-refractivity contribution in [2.24, 2.45) is 0 Å². The number of amides is 1. The first-order chi connectivity index (χ1) is 10.9. The van der Waals surface area contributed by atoms with Gasteiger partial charge in [0.15, 0.2) is 0 Å². The van der Waals surface area contributed by atoms with Crippen LogP contribution >= 0.6 is 0 Å². The molecule has 0 fully saturated rings. The summed E-state index contributed by atoms with van der Waals surface area (Å²) in [5.74, 6) is -0.873.